The maximum absolute atomic E-state index is 12.0. The normalized spacial score (nSPS) is 14.5. The molecule has 6 nitrogen and oxygen atoms in total. The number of benzene rings is 1. The highest BCUT2D eigenvalue weighted by atomic mass is 16.2. The van der Waals surface area contributed by atoms with Crippen molar-refractivity contribution < 1.29 is 4.79 Å². The van der Waals surface area contributed by atoms with Gasteiger partial charge in [0.25, 0.3) is 11.7 Å². The molecule has 0 radical (unpaired) electrons. The molecule has 1 N–H and O–H groups in total. The zero-order valence-corrected chi connectivity index (χ0v) is 9.13. The smallest absolute Gasteiger partial charge is 0.295 e. The molecule has 0 unspecified atom stereocenters. The molecule has 0 saturated carbocycles. The Morgan fingerprint density at radius 2 is 2.12 bits per heavy atom. The summed E-state index contributed by atoms with van der Waals surface area (Å²) in [4.78, 5) is 13.8. The summed E-state index contributed by atoms with van der Waals surface area (Å²) >= 11 is 0. The molecule has 0 saturated heterocycles. The Morgan fingerprint density at radius 1 is 1.29 bits per heavy atom. The molecule has 0 bridgehead atoms. The highest BCUT2D eigenvalue weighted by molar-refractivity contribution is 5.90. The zero-order chi connectivity index (χ0) is 11.7. The molecule has 17 heavy (non-hydrogen) atoms. The van der Waals surface area contributed by atoms with E-state index in [1.54, 1.807) is 4.90 Å². The molecule has 2 heterocycles. The Bertz CT molecular complexity index is 537. The van der Waals surface area contributed by atoms with Gasteiger partial charge in [-0.2, -0.15) is 5.21 Å². The minimum Gasteiger partial charge on any atom is -0.331 e. The van der Waals surface area contributed by atoms with Crippen LogP contribution in [0.3, 0.4) is 0 Å². The van der Waals surface area contributed by atoms with E-state index < -0.39 is 0 Å². The largest absolute Gasteiger partial charge is 0.331 e. The van der Waals surface area contributed by atoms with E-state index in [0.717, 1.165) is 6.42 Å². The number of fused-ring (bicyclic) bond motifs is 1. The molecule has 2 aromatic rings. The van der Waals surface area contributed by atoms with E-state index in [9.17, 15) is 4.79 Å². The van der Waals surface area contributed by atoms with Crippen LogP contribution in [0.5, 0.6) is 0 Å². The van der Waals surface area contributed by atoms with Crippen molar-refractivity contribution >= 4 is 5.91 Å². The first-order chi connectivity index (χ1) is 8.34. The topological polar surface area (TPSA) is 74.8 Å². The second kappa shape index (κ2) is 3.97. The summed E-state index contributed by atoms with van der Waals surface area (Å²) in [7, 11) is 0. The molecule has 86 valence electrons. The van der Waals surface area contributed by atoms with Gasteiger partial charge in [-0.1, -0.05) is 24.3 Å². The van der Waals surface area contributed by atoms with Crippen LogP contribution in [0.2, 0.25) is 0 Å². The Kier molecular flexibility index (Phi) is 2.32. The third kappa shape index (κ3) is 1.77. The third-order valence-corrected chi connectivity index (χ3v) is 2.95. The summed E-state index contributed by atoms with van der Waals surface area (Å²) in [5.41, 5.74) is 2.50. The van der Waals surface area contributed by atoms with Crippen molar-refractivity contribution in [2.45, 2.75) is 13.0 Å². The van der Waals surface area contributed by atoms with E-state index in [0.29, 0.717) is 13.1 Å². The standard InChI is InChI=1S/C11H11N5O/c17-11(10-12-14-15-13-10)16-6-5-8-3-1-2-4-9(8)7-16/h1-4H,5-7H2,(H,12,13,14,15). The van der Waals surface area contributed by atoms with E-state index in [2.05, 4.69) is 26.7 Å². The lowest BCUT2D eigenvalue weighted by molar-refractivity contribution is 0.0722. The molecule has 3 rings (SSSR count). The summed E-state index contributed by atoms with van der Waals surface area (Å²) in [5, 5.41) is 13.1. The van der Waals surface area contributed by atoms with Crippen molar-refractivity contribution in [3.05, 3.63) is 41.2 Å². The lowest BCUT2D eigenvalue weighted by Gasteiger charge is -2.27. The summed E-state index contributed by atoms with van der Waals surface area (Å²) in [6.07, 6.45) is 0.875. The van der Waals surface area contributed by atoms with Crippen LogP contribution >= 0.6 is 0 Å². The van der Waals surface area contributed by atoms with Crippen molar-refractivity contribution in [3.63, 3.8) is 0 Å². The third-order valence-electron chi connectivity index (χ3n) is 2.95. The number of aromatic amines is 1. The van der Waals surface area contributed by atoms with Gasteiger partial charge in [0.05, 0.1) is 0 Å². The Morgan fingerprint density at radius 3 is 2.88 bits per heavy atom. The fraction of sp³-hybridized carbons (Fsp3) is 0.273. The second-order valence-electron chi connectivity index (χ2n) is 3.98. The van der Waals surface area contributed by atoms with Crippen LogP contribution in [0.1, 0.15) is 21.7 Å². The summed E-state index contributed by atoms with van der Waals surface area (Å²) in [5.74, 6) is -0.0439. The van der Waals surface area contributed by atoms with Crippen LogP contribution in [0.4, 0.5) is 0 Å². The zero-order valence-electron chi connectivity index (χ0n) is 9.13. The number of carbonyl (C=O) groups excluding carboxylic acids is 1. The first-order valence-electron chi connectivity index (χ1n) is 5.44. The number of H-pyrrole nitrogens is 1. The molecule has 1 aromatic carbocycles. The van der Waals surface area contributed by atoms with Crippen molar-refractivity contribution in [1.82, 2.24) is 25.5 Å². The van der Waals surface area contributed by atoms with Crippen molar-refractivity contribution in [3.8, 4) is 0 Å². The fourth-order valence-corrected chi connectivity index (χ4v) is 2.06. The number of amides is 1. The first kappa shape index (κ1) is 9.95. The average Bonchev–Trinajstić information content (AvgIpc) is 2.91. The summed E-state index contributed by atoms with van der Waals surface area (Å²) in [6, 6.07) is 8.16. The lowest BCUT2D eigenvalue weighted by atomic mass is 10.00. The predicted octanol–water partition coefficient (Wildman–Crippen LogP) is 0.398. The molecule has 6 heteroatoms. The first-order valence-corrected chi connectivity index (χ1v) is 5.44. The molecule has 1 aromatic heterocycles. The van der Waals surface area contributed by atoms with Gasteiger partial charge in [0.1, 0.15) is 0 Å². The number of nitrogens with one attached hydrogen (secondary N) is 1. The van der Waals surface area contributed by atoms with E-state index in [1.807, 2.05) is 18.2 Å². The molecular formula is C11H11N5O. The van der Waals surface area contributed by atoms with Gasteiger partial charge in [-0.05, 0) is 22.8 Å². The van der Waals surface area contributed by atoms with Crippen LogP contribution in [0.15, 0.2) is 24.3 Å². The van der Waals surface area contributed by atoms with Gasteiger partial charge in [0.15, 0.2) is 0 Å². The molecule has 0 fully saturated rings. The lowest BCUT2D eigenvalue weighted by Crippen LogP contribution is -2.36. The minimum absolute atomic E-state index is 0.129. The maximum Gasteiger partial charge on any atom is 0.295 e. The Hall–Kier alpha value is -2.24. The van der Waals surface area contributed by atoms with E-state index in [-0.39, 0.29) is 11.7 Å². The average molecular weight is 229 g/mol. The SMILES string of the molecule is O=C(c1nn[nH]n1)N1CCc2ccccc2C1. The quantitative estimate of drug-likeness (QED) is 0.768. The van der Waals surface area contributed by atoms with E-state index in [4.69, 9.17) is 0 Å². The van der Waals surface area contributed by atoms with E-state index >= 15 is 0 Å². The maximum atomic E-state index is 12.0. The summed E-state index contributed by atoms with van der Waals surface area (Å²) in [6.45, 7) is 1.31. The van der Waals surface area contributed by atoms with Gasteiger partial charge in [-0.3, -0.25) is 4.79 Å². The van der Waals surface area contributed by atoms with Gasteiger partial charge >= 0.3 is 0 Å². The van der Waals surface area contributed by atoms with Crippen LogP contribution in [-0.4, -0.2) is 38.0 Å². The van der Waals surface area contributed by atoms with Gasteiger partial charge in [-0.25, -0.2) is 0 Å². The second-order valence-corrected chi connectivity index (χ2v) is 3.98. The predicted molar refractivity (Wildman–Crippen MR) is 59.1 cm³/mol. The number of hydrogen-bond acceptors (Lipinski definition) is 4. The highest BCUT2D eigenvalue weighted by Gasteiger charge is 2.23. The summed E-state index contributed by atoms with van der Waals surface area (Å²) < 4.78 is 0. The number of carbonyl (C=O) groups is 1. The molecule has 0 spiro atoms. The van der Waals surface area contributed by atoms with Gasteiger partial charge in [-0.15, -0.1) is 10.2 Å². The highest BCUT2D eigenvalue weighted by Crippen LogP contribution is 2.19. The fourth-order valence-electron chi connectivity index (χ4n) is 2.06. The number of tetrazole rings is 1. The molecule has 1 amide bonds. The van der Waals surface area contributed by atoms with Crippen LogP contribution < -0.4 is 0 Å². The van der Waals surface area contributed by atoms with E-state index in [1.165, 1.54) is 11.1 Å². The molecule has 0 atom stereocenters. The number of nitrogens with zero attached hydrogens (tertiary/aromatic N) is 4. The Labute approximate surface area is 97.6 Å². The van der Waals surface area contributed by atoms with Crippen molar-refractivity contribution in [1.29, 1.82) is 0 Å². The monoisotopic (exact) mass is 229 g/mol. The van der Waals surface area contributed by atoms with Crippen LogP contribution in [-0.2, 0) is 13.0 Å². The molecular weight excluding hydrogens is 218 g/mol. The van der Waals surface area contributed by atoms with Crippen molar-refractivity contribution in [2.24, 2.45) is 0 Å². The molecule has 0 aliphatic carbocycles. The Balaban J connectivity index is 1.83. The number of hydrogen-bond donors (Lipinski definition) is 1. The van der Waals surface area contributed by atoms with Crippen molar-refractivity contribution in [2.75, 3.05) is 6.54 Å². The van der Waals surface area contributed by atoms with Gasteiger partial charge in [0.2, 0.25) is 0 Å². The molecule has 1 aliphatic heterocycles. The van der Waals surface area contributed by atoms with Crippen LogP contribution in [0, 0.1) is 0 Å². The van der Waals surface area contributed by atoms with Gasteiger partial charge < -0.3 is 4.90 Å². The number of rotatable bonds is 1. The van der Waals surface area contributed by atoms with Gasteiger partial charge in [0, 0.05) is 13.1 Å². The molecule has 1 aliphatic rings. The van der Waals surface area contributed by atoms with Crippen LogP contribution in [0.25, 0.3) is 0 Å². The minimum atomic E-state index is -0.173. The number of aromatic nitrogens is 4.